The van der Waals surface area contributed by atoms with Gasteiger partial charge in [0.25, 0.3) is 0 Å². The number of hydrogen-bond donors (Lipinski definition) is 2. The maximum Gasteiger partial charge on any atom is 0.0343 e. The van der Waals surface area contributed by atoms with Crippen LogP contribution in [0.5, 0.6) is 0 Å². The van der Waals surface area contributed by atoms with E-state index in [2.05, 4.69) is 43.7 Å². The summed E-state index contributed by atoms with van der Waals surface area (Å²) in [5, 5.41) is 2.06. The zero-order valence-electron chi connectivity index (χ0n) is 8.15. The Labute approximate surface area is 70.1 Å². The van der Waals surface area contributed by atoms with E-state index in [1.54, 1.807) is 0 Å². The molecule has 3 nitrogen and oxygen atoms in total. The first-order valence-corrected chi connectivity index (χ1v) is 4.48. The third-order valence-electron chi connectivity index (χ3n) is 1.38. The smallest absolute Gasteiger partial charge is 0.0343 e. The van der Waals surface area contributed by atoms with Crippen molar-refractivity contribution in [2.45, 2.75) is 40.2 Å². The molecule has 0 heterocycles. The number of nitrogens with zero attached hydrogens (tertiary/aromatic N) is 1. The van der Waals surface area contributed by atoms with E-state index in [0.717, 1.165) is 19.5 Å². The molecule has 11 heavy (non-hydrogen) atoms. The van der Waals surface area contributed by atoms with E-state index in [0.29, 0.717) is 6.04 Å². The molecule has 0 saturated carbocycles. The lowest BCUT2D eigenvalue weighted by Gasteiger charge is -2.26. The van der Waals surface area contributed by atoms with Crippen molar-refractivity contribution in [1.29, 1.82) is 0 Å². The lowest BCUT2D eigenvalue weighted by atomic mass is 10.4. The van der Waals surface area contributed by atoms with Gasteiger partial charge in [-0.3, -0.25) is 0 Å². The third-order valence-corrected chi connectivity index (χ3v) is 1.38. The van der Waals surface area contributed by atoms with E-state index in [1.165, 1.54) is 0 Å². The summed E-state index contributed by atoms with van der Waals surface area (Å²) in [6.07, 6.45) is 1.16. The Morgan fingerprint density at radius 2 is 1.82 bits per heavy atom. The maximum absolute atomic E-state index is 3.29. The summed E-state index contributed by atoms with van der Waals surface area (Å²) in [5.74, 6) is 0. The van der Waals surface area contributed by atoms with Gasteiger partial charge in [-0.25, -0.2) is 10.9 Å². The summed E-state index contributed by atoms with van der Waals surface area (Å²) in [5.41, 5.74) is 6.53. The Kier molecular flexibility index (Phi) is 6.51. The highest BCUT2D eigenvalue weighted by Crippen LogP contribution is 1.88. The van der Waals surface area contributed by atoms with E-state index < -0.39 is 0 Å². The summed E-state index contributed by atoms with van der Waals surface area (Å²) >= 11 is 0. The molecule has 0 amide bonds. The average Bonchev–Trinajstić information content (AvgIpc) is 1.97. The first-order chi connectivity index (χ1) is 5.22. The number of rotatable bonds is 6. The minimum Gasteiger partial charge on any atom is -0.242 e. The van der Waals surface area contributed by atoms with Crippen molar-refractivity contribution in [3.05, 3.63) is 0 Å². The molecule has 0 aromatic heterocycles. The van der Waals surface area contributed by atoms with Crippen LogP contribution in [-0.2, 0) is 0 Å². The van der Waals surface area contributed by atoms with Crippen molar-refractivity contribution in [3.63, 3.8) is 0 Å². The fraction of sp³-hybridized carbons (Fsp3) is 1.00. The summed E-state index contributed by atoms with van der Waals surface area (Å²) < 4.78 is 0. The average molecular weight is 159 g/mol. The maximum atomic E-state index is 3.29. The Balaban J connectivity index is 3.51. The van der Waals surface area contributed by atoms with Crippen molar-refractivity contribution in [1.82, 2.24) is 16.0 Å². The SMILES string of the molecule is CCCNN(NCC)C(C)C. The zero-order chi connectivity index (χ0) is 8.69. The Morgan fingerprint density at radius 1 is 1.18 bits per heavy atom. The van der Waals surface area contributed by atoms with Crippen molar-refractivity contribution >= 4 is 0 Å². The third kappa shape index (κ3) is 5.18. The summed E-state index contributed by atoms with van der Waals surface area (Å²) in [7, 11) is 0. The number of hydrazine groups is 2. The molecule has 0 fully saturated rings. The second-order valence-corrected chi connectivity index (χ2v) is 2.88. The molecule has 0 atom stereocenters. The highest BCUT2D eigenvalue weighted by Gasteiger charge is 2.04. The Bertz CT molecular complexity index is 83.4. The van der Waals surface area contributed by atoms with Gasteiger partial charge in [0, 0.05) is 19.1 Å². The first-order valence-electron chi connectivity index (χ1n) is 4.48. The fourth-order valence-electron chi connectivity index (χ4n) is 0.824. The van der Waals surface area contributed by atoms with Crippen LogP contribution in [0, 0.1) is 0 Å². The monoisotopic (exact) mass is 159 g/mol. The number of hydrogen-bond acceptors (Lipinski definition) is 3. The molecule has 0 aliphatic rings. The molecule has 0 radical (unpaired) electrons. The van der Waals surface area contributed by atoms with Gasteiger partial charge >= 0.3 is 0 Å². The standard InChI is InChI=1S/C8H21N3/c1-5-7-10-11(8(3)4)9-6-2/h8-10H,5-7H2,1-4H3. The topological polar surface area (TPSA) is 27.3 Å². The van der Waals surface area contributed by atoms with E-state index in [-0.39, 0.29) is 0 Å². The highest BCUT2D eigenvalue weighted by atomic mass is 15.7. The molecule has 0 aromatic carbocycles. The summed E-state index contributed by atoms with van der Waals surface area (Å²) in [6.45, 7) is 10.6. The highest BCUT2D eigenvalue weighted by molar-refractivity contribution is 4.51. The second-order valence-electron chi connectivity index (χ2n) is 2.88. The summed E-state index contributed by atoms with van der Waals surface area (Å²) in [6, 6.07) is 0.501. The molecule has 2 N–H and O–H groups in total. The molecule has 0 spiro atoms. The van der Waals surface area contributed by atoms with Gasteiger partial charge in [-0.15, -0.1) is 0 Å². The predicted molar refractivity (Wildman–Crippen MR) is 48.9 cm³/mol. The quantitative estimate of drug-likeness (QED) is 0.569. The van der Waals surface area contributed by atoms with Crippen molar-refractivity contribution in [2.75, 3.05) is 13.1 Å². The van der Waals surface area contributed by atoms with Crippen LogP contribution in [0.1, 0.15) is 34.1 Å². The van der Waals surface area contributed by atoms with Gasteiger partial charge in [0.1, 0.15) is 0 Å². The van der Waals surface area contributed by atoms with Crippen molar-refractivity contribution in [3.8, 4) is 0 Å². The van der Waals surface area contributed by atoms with Gasteiger partial charge in [-0.05, 0) is 20.3 Å². The van der Waals surface area contributed by atoms with Crippen LogP contribution in [0.2, 0.25) is 0 Å². The molecule has 68 valence electrons. The van der Waals surface area contributed by atoms with Crippen LogP contribution in [-0.4, -0.2) is 24.2 Å². The van der Waals surface area contributed by atoms with Crippen LogP contribution >= 0.6 is 0 Å². The Morgan fingerprint density at radius 3 is 2.18 bits per heavy atom. The van der Waals surface area contributed by atoms with Crippen LogP contribution in [0.25, 0.3) is 0 Å². The molecule has 0 aromatic rings. The minimum absolute atomic E-state index is 0.501. The first kappa shape index (κ1) is 10.9. The molecule has 0 aliphatic carbocycles. The molecule has 0 saturated heterocycles. The van der Waals surface area contributed by atoms with Crippen LogP contribution in [0.4, 0.5) is 0 Å². The van der Waals surface area contributed by atoms with E-state index in [4.69, 9.17) is 0 Å². The van der Waals surface area contributed by atoms with Gasteiger partial charge in [0.15, 0.2) is 0 Å². The predicted octanol–water partition coefficient (Wildman–Crippen LogP) is 1.14. The molecule has 0 unspecified atom stereocenters. The molecule has 0 aliphatic heterocycles. The van der Waals surface area contributed by atoms with Gasteiger partial charge in [0.05, 0.1) is 0 Å². The van der Waals surface area contributed by atoms with Crippen LogP contribution in [0.15, 0.2) is 0 Å². The molecular formula is C8H21N3. The van der Waals surface area contributed by atoms with E-state index in [1.807, 2.05) is 0 Å². The van der Waals surface area contributed by atoms with Gasteiger partial charge in [0.2, 0.25) is 0 Å². The summed E-state index contributed by atoms with van der Waals surface area (Å²) in [4.78, 5) is 0. The number of nitrogens with one attached hydrogen (secondary N) is 2. The Hall–Kier alpha value is -0.120. The van der Waals surface area contributed by atoms with Gasteiger partial charge in [-0.1, -0.05) is 13.8 Å². The zero-order valence-corrected chi connectivity index (χ0v) is 8.15. The molecule has 3 heteroatoms. The van der Waals surface area contributed by atoms with Crippen molar-refractivity contribution in [2.24, 2.45) is 0 Å². The van der Waals surface area contributed by atoms with Crippen LogP contribution < -0.4 is 10.9 Å². The van der Waals surface area contributed by atoms with Crippen molar-refractivity contribution < 1.29 is 0 Å². The lowest BCUT2D eigenvalue weighted by molar-refractivity contribution is 0.0781. The minimum atomic E-state index is 0.501. The molecule has 0 rings (SSSR count). The normalized spacial score (nSPS) is 11.5. The fourth-order valence-corrected chi connectivity index (χ4v) is 0.824. The molecular weight excluding hydrogens is 138 g/mol. The van der Waals surface area contributed by atoms with E-state index in [9.17, 15) is 0 Å². The van der Waals surface area contributed by atoms with Crippen LogP contribution in [0.3, 0.4) is 0 Å². The molecule has 0 bridgehead atoms. The van der Waals surface area contributed by atoms with Gasteiger partial charge in [-0.2, -0.15) is 5.12 Å². The van der Waals surface area contributed by atoms with Gasteiger partial charge < -0.3 is 0 Å². The second kappa shape index (κ2) is 6.58. The van der Waals surface area contributed by atoms with E-state index >= 15 is 0 Å². The lowest BCUT2D eigenvalue weighted by Crippen LogP contribution is -2.52. The largest absolute Gasteiger partial charge is 0.242 e.